The van der Waals surface area contributed by atoms with Crippen molar-refractivity contribution >= 4 is 11.7 Å². The molecule has 7 heteroatoms. The highest BCUT2D eigenvalue weighted by atomic mass is 19.1. The van der Waals surface area contributed by atoms with Gasteiger partial charge in [-0.25, -0.2) is 13.9 Å². The van der Waals surface area contributed by atoms with E-state index in [-0.39, 0.29) is 23.8 Å². The highest BCUT2D eigenvalue weighted by Gasteiger charge is 2.36. The molecule has 1 amide bonds. The van der Waals surface area contributed by atoms with Crippen LogP contribution in [0.5, 0.6) is 0 Å². The maximum atomic E-state index is 14.3. The Bertz CT molecular complexity index is 1030. The number of amides is 1. The van der Waals surface area contributed by atoms with Gasteiger partial charge in [0.25, 0.3) is 5.78 Å². The zero-order valence-electron chi connectivity index (χ0n) is 16.4. The van der Waals surface area contributed by atoms with E-state index in [1.54, 1.807) is 16.6 Å². The van der Waals surface area contributed by atoms with Gasteiger partial charge in [0.2, 0.25) is 5.91 Å². The third-order valence-electron chi connectivity index (χ3n) is 5.58. The van der Waals surface area contributed by atoms with E-state index >= 15 is 0 Å². The third-order valence-corrected chi connectivity index (χ3v) is 5.58. The van der Waals surface area contributed by atoms with Gasteiger partial charge in [-0.05, 0) is 51.7 Å². The van der Waals surface area contributed by atoms with Crippen molar-refractivity contribution < 1.29 is 9.18 Å². The monoisotopic (exact) mass is 381 g/mol. The van der Waals surface area contributed by atoms with Crippen LogP contribution in [0.1, 0.15) is 54.7 Å². The molecule has 1 atom stereocenters. The summed E-state index contributed by atoms with van der Waals surface area (Å²) in [6.07, 6.45) is 4.38. The first-order valence-electron chi connectivity index (χ1n) is 9.68. The molecule has 0 saturated heterocycles. The molecular formula is C21H24FN5O. The predicted molar refractivity (Wildman–Crippen MR) is 103 cm³/mol. The second kappa shape index (κ2) is 7.30. The number of aromatic nitrogens is 4. The van der Waals surface area contributed by atoms with Crippen molar-refractivity contribution in [3.05, 3.63) is 58.9 Å². The van der Waals surface area contributed by atoms with E-state index in [0.29, 0.717) is 24.2 Å². The molecule has 1 fully saturated rings. The molecule has 0 N–H and O–H groups in total. The maximum Gasteiger partial charge on any atom is 0.252 e. The fourth-order valence-electron chi connectivity index (χ4n) is 3.93. The zero-order chi connectivity index (χ0) is 19.8. The first-order valence-corrected chi connectivity index (χ1v) is 9.68. The van der Waals surface area contributed by atoms with Crippen molar-refractivity contribution in [3.63, 3.8) is 0 Å². The van der Waals surface area contributed by atoms with Crippen molar-refractivity contribution in [3.8, 4) is 0 Å². The van der Waals surface area contributed by atoms with Gasteiger partial charge in [-0.3, -0.25) is 4.79 Å². The summed E-state index contributed by atoms with van der Waals surface area (Å²) in [5.41, 5.74) is 3.40. The van der Waals surface area contributed by atoms with Crippen LogP contribution in [0.25, 0.3) is 5.78 Å². The lowest BCUT2D eigenvalue weighted by atomic mass is 10.0. The summed E-state index contributed by atoms with van der Waals surface area (Å²) in [7, 11) is 0. The Morgan fingerprint density at radius 2 is 2.07 bits per heavy atom. The first-order chi connectivity index (χ1) is 13.5. The lowest BCUT2D eigenvalue weighted by Gasteiger charge is -2.30. The molecule has 2 heterocycles. The second-order valence-electron chi connectivity index (χ2n) is 7.46. The van der Waals surface area contributed by atoms with Crippen molar-refractivity contribution in [2.45, 2.75) is 58.5 Å². The summed E-state index contributed by atoms with van der Waals surface area (Å²) < 4.78 is 16.0. The average Bonchev–Trinajstić information content (AvgIpc) is 3.38. The van der Waals surface area contributed by atoms with E-state index < -0.39 is 0 Å². The van der Waals surface area contributed by atoms with E-state index in [0.717, 1.165) is 29.8 Å². The number of hydrogen-bond donors (Lipinski definition) is 0. The smallest absolute Gasteiger partial charge is 0.252 e. The number of fused-ring (bicyclic) bond motifs is 1. The topological polar surface area (TPSA) is 63.4 Å². The van der Waals surface area contributed by atoms with Crippen LogP contribution in [0.15, 0.2) is 30.6 Å². The molecule has 1 aliphatic rings. The van der Waals surface area contributed by atoms with Crippen LogP contribution in [0, 0.1) is 19.7 Å². The minimum atomic E-state index is -0.278. The summed E-state index contributed by atoms with van der Waals surface area (Å²) in [6.45, 7) is 5.81. The summed E-state index contributed by atoms with van der Waals surface area (Å²) in [5, 5.41) is 4.20. The van der Waals surface area contributed by atoms with Crippen molar-refractivity contribution in [2.24, 2.45) is 0 Å². The van der Waals surface area contributed by atoms with Gasteiger partial charge in [-0.2, -0.15) is 10.1 Å². The normalized spacial score (nSPS) is 15.0. The molecule has 0 radical (unpaired) electrons. The van der Waals surface area contributed by atoms with Gasteiger partial charge in [0.1, 0.15) is 12.1 Å². The Labute approximate surface area is 163 Å². The summed E-state index contributed by atoms with van der Waals surface area (Å²) in [6, 6.07) is 6.63. The minimum absolute atomic E-state index is 0.0516. The summed E-state index contributed by atoms with van der Waals surface area (Å²) >= 11 is 0. The number of benzene rings is 1. The standard InChI is InChI=1S/C21H24FN5O/c1-13-17(15(3)27-21(25-13)23-12-24-27)10-11-20(28)26(16-8-9-16)14(2)18-6-4-5-7-19(18)22/h4-7,12,14,16H,8-11H2,1-3H3. The van der Waals surface area contributed by atoms with Gasteiger partial charge in [0.15, 0.2) is 0 Å². The molecule has 6 nitrogen and oxygen atoms in total. The van der Waals surface area contributed by atoms with Gasteiger partial charge < -0.3 is 4.90 Å². The summed E-state index contributed by atoms with van der Waals surface area (Å²) in [4.78, 5) is 23.6. The van der Waals surface area contributed by atoms with Crippen LogP contribution < -0.4 is 0 Å². The van der Waals surface area contributed by atoms with Gasteiger partial charge >= 0.3 is 0 Å². The van der Waals surface area contributed by atoms with E-state index in [1.807, 2.05) is 31.7 Å². The minimum Gasteiger partial charge on any atom is -0.333 e. The van der Waals surface area contributed by atoms with Gasteiger partial charge in [-0.1, -0.05) is 18.2 Å². The average molecular weight is 381 g/mol. The van der Waals surface area contributed by atoms with Crippen LogP contribution in [0.2, 0.25) is 0 Å². The molecule has 3 aromatic rings. The SMILES string of the molecule is Cc1nc2ncnn2c(C)c1CCC(=O)N(C1CC1)C(C)c1ccccc1F. The van der Waals surface area contributed by atoms with Crippen LogP contribution >= 0.6 is 0 Å². The van der Waals surface area contributed by atoms with Crippen LogP contribution in [-0.2, 0) is 11.2 Å². The number of hydrogen-bond acceptors (Lipinski definition) is 4. The molecule has 0 bridgehead atoms. The van der Waals surface area contributed by atoms with Crippen molar-refractivity contribution in [2.75, 3.05) is 0 Å². The molecule has 28 heavy (non-hydrogen) atoms. The highest BCUT2D eigenvalue weighted by Crippen LogP contribution is 2.35. The van der Waals surface area contributed by atoms with Gasteiger partial charge in [-0.15, -0.1) is 0 Å². The van der Waals surface area contributed by atoms with E-state index in [1.165, 1.54) is 12.4 Å². The largest absolute Gasteiger partial charge is 0.333 e. The van der Waals surface area contributed by atoms with E-state index in [2.05, 4.69) is 15.1 Å². The number of rotatable bonds is 6. The Morgan fingerprint density at radius 1 is 1.32 bits per heavy atom. The van der Waals surface area contributed by atoms with E-state index in [9.17, 15) is 9.18 Å². The lowest BCUT2D eigenvalue weighted by Crippen LogP contribution is -2.36. The molecule has 4 rings (SSSR count). The second-order valence-corrected chi connectivity index (χ2v) is 7.46. The van der Waals surface area contributed by atoms with Crippen LogP contribution in [-0.4, -0.2) is 36.4 Å². The zero-order valence-corrected chi connectivity index (χ0v) is 16.4. The Kier molecular flexibility index (Phi) is 4.83. The van der Waals surface area contributed by atoms with Crippen molar-refractivity contribution in [1.82, 2.24) is 24.5 Å². The molecule has 2 aromatic heterocycles. The molecule has 1 aromatic carbocycles. The lowest BCUT2D eigenvalue weighted by molar-refractivity contribution is -0.134. The van der Waals surface area contributed by atoms with Gasteiger partial charge in [0, 0.05) is 29.4 Å². The predicted octanol–water partition coefficient (Wildman–Crippen LogP) is 3.57. The number of aryl methyl sites for hydroxylation is 2. The van der Waals surface area contributed by atoms with E-state index in [4.69, 9.17) is 0 Å². The molecule has 1 unspecified atom stereocenters. The number of nitrogens with zero attached hydrogens (tertiary/aromatic N) is 5. The fraction of sp³-hybridized carbons (Fsp3) is 0.429. The van der Waals surface area contributed by atoms with Gasteiger partial charge in [0.05, 0.1) is 6.04 Å². The molecule has 0 spiro atoms. The Hall–Kier alpha value is -2.83. The van der Waals surface area contributed by atoms with Crippen LogP contribution in [0.3, 0.4) is 0 Å². The fourth-order valence-corrected chi connectivity index (χ4v) is 3.93. The number of halogens is 1. The molecule has 0 aliphatic heterocycles. The number of carbonyl (C=O) groups is 1. The molecule has 146 valence electrons. The maximum absolute atomic E-state index is 14.3. The third kappa shape index (κ3) is 3.37. The summed E-state index contributed by atoms with van der Waals surface area (Å²) in [5.74, 6) is 0.356. The Balaban J connectivity index is 1.54. The molecule has 1 saturated carbocycles. The quantitative estimate of drug-likeness (QED) is 0.655. The molecular weight excluding hydrogens is 357 g/mol. The van der Waals surface area contributed by atoms with Crippen LogP contribution in [0.4, 0.5) is 4.39 Å². The number of carbonyl (C=O) groups excluding carboxylic acids is 1. The first kappa shape index (κ1) is 18.5. The van der Waals surface area contributed by atoms with Crippen molar-refractivity contribution in [1.29, 1.82) is 0 Å². The highest BCUT2D eigenvalue weighted by molar-refractivity contribution is 5.77. The molecule has 1 aliphatic carbocycles. The Morgan fingerprint density at radius 3 is 2.79 bits per heavy atom.